The van der Waals surface area contributed by atoms with Gasteiger partial charge in [-0.05, 0) is 31.0 Å². The molecule has 0 fully saturated rings. The van der Waals surface area contributed by atoms with E-state index in [1.807, 2.05) is 18.2 Å². The average Bonchev–Trinajstić information content (AvgIpc) is 2.32. The van der Waals surface area contributed by atoms with E-state index in [2.05, 4.69) is 15.9 Å². The SMILES string of the molecule is O=C1COc2ccc(Br)cc2N1CCCCCl. The third-order valence-electron chi connectivity index (χ3n) is 2.63. The smallest absolute Gasteiger partial charge is 0.265 e. The zero-order valence-corrected chi connectivity index (χ0v) is 11.6. The summed E-state index contributed by atoms with van der Waals surface area (Å²) in [5.74, 6) is 1.40. The number of rotatable bonds is 4. The van der Waals surface area contributed by atoms with Crippen LogP contribution in [0.5, 0.6) is 5.75 Å². The quantitative estimate of drug-likeness (QED) is 0.630. The monoisotopic (exact) mass is 317 g/mol. The number of hydrogen-bond donors (Lipinski definition) is 0. The molecular weight excluding hydrogens is 305 g/mol. The van der Waals surface area contributed by atoms with Crippen molar-refractivity contribution in [3.8, 4) is 5.75 Å². The molecule has 1 aromatic carbocycles. The normalized spacial score (nSPS) is 14.5. The minimum absolute atomic E-state index is 0.00479. The predicted octanol–water partition coefficient (Wildman–Crippen LogP) is 3.19. The predicted molar refractivity (Wildman–Crippen MR) is 71.9 cm³/mol. The first kappa shape index (κ1) is 12.7. The van der Waals surface area contributed by atoms with Crippen LogP contribution < -0.4 is 9.64 Å². The summed E-state index contributed by atoms with van der Waals surface area (Å²) in [5.41, 5.74) is 0.838. The van der Waals surface area contributed by atoms with Crippen LogP contribution in [0.4, 0.5) is 5.69 Å². The Balaban J connectivity index is 2.20. The van der Waals surface area contributed by atoms with Gasteiger partial charge >= 0.3 is 0 Å². The van der Waals surface area contributed by atoms with Crippen molar-refractivity contribution in [1.82, 2.24) is 0 Å². The average molecular weight is 319 g/mol. The Kier molecular flexibility index (Phi) is 4.29. The maximum Gasteiger partial charge on any atom is 0.265 e. The molecule has 0 saturated heterocycles. The fourth-order valence-corrected chi connectivity index (χ4v) is 2.32. The summed E-state index contributed by atoms with van der Waals surface area (Å²) in [6.07, 6.45) is 1.82. The molecule has 0 N–H and O–H groups in total. The van der Waals surface area contributed by atoms with E-state index < -0.39 is 0 Å². The molecule has 92 valence electrons. The Morgan fingerprint density at radius 2 is 2.24 bits per heavy atom. The van der Waals surface area contributed by atoms with Gasteiger partial charge in [0.1, 0.15) is 5.75 Å². The molecule has 0 radical (unpaired) electrons. The Hall–Kier alpha value is -0.740. The molecule has 2 rings (SSSR count). The number of fused-ring (bicyclic) bond motifs is 1. The lowest BCUT2D eigenvalue weighted by Crippen LogP contribution is -2.39. The number of unbranched alkanes of at least 4 members (excludes halogenated alkanes) is 1. The van der Waals surface area contributed by atoms with Crippen molar-refractivity contribution in [2.75, 3.05) is 23.9 Å². The molecule has 0 bridgehead atoms. The van der Waals surface area contributed by atoms with Gasteiger partial charge in [-0.15, -0.1) is 11.6 Å². The van der Waals surface area contributed by atoms with Crippen molar-refractivity contribution < 1.29 is 9.53 Å². The number of amides is 1. The molecule has 1 heterocycles. The van der Waals surface area contributed by atoms with Crippen LogP contribution in [-0.2, 0) is 4.79 Å². The summed E-state index contributed by atoms with van der Waals surface area (Å²) in [6.45, 7) is 0.813. The van der Waals surface area contributed by atoms with E-state index in [0.29, 0.717) is 12.4 Å². The van der Waals surface area contributed by atoms with Crippen LogP contribution in [0.25, 0.3) is 0 Å². The van der Waals surface area contributed by atoms with Gasteiger partial charge in [-0.1, -0.05) is 15.9 Å². The highest BCUT2D eigenvalue weighted by Crippen LogP contribution is 2.34. The summed E-state index contributed by atoms with van der Waals surface area (Å²) in [5, 5.41) is 0. The van der Waals surface area contributed by atoms with Crippen LogP contribution in [0.3, 0.4) is 0 Å². The summed E-state index contributed by atoms with van der Waals surface area (Å²) in [4.78, 5) is 13.6. The molecule has 0 saturated carbocycles. The number of benzene rings is 1. The fraction of sp³-hybridized carbons (Fsp3) is 0.417. The maximum absolute atomic E-state index is 11.8. The Morgan fingerprint density at radius 3 is 3.00 bits per heavy atom. The number of anilines is 1. The Morgan fingerprint density at radius 1 is 1.41 bits per heavy atom. The largest absolute Gasteiger partial charge is 0.482 e. The number of halogens is 2. The van der Waals surface area contributed by atoms with Gasteiger partial charge in [-0.3, -0.25) is 4.79 Å². The van der Waals surface area contributed by atoms with Gasteiger partial charge in [0, 0.05) is 16.9 Å². The third kappa shape index (κ3) is 2.93. The van der Waals surface area contributed by atoms with Crippen molar-refractivity contribution in [2.24, 2.45) is 0 Å². The van der Waals surface area contributed by atoms with Crippen LogP contribution in [-0.4, -0.2) is 24.9 Å². The molecule has 0 spiro atoms. The summed E-state index contributed by atoms with van der Waals surface area (Å²) in [7, 11) is 0. The van der Waals surface area contributed by atoms with Crippen molar-refractivity contribution in [2.45, 2.75) is 12.8 Å². The second-order valence-corrected chi connectivity index (χ2v) is 5.14. The van der Waals surface area contributed by atoms with Gasteiger partial charge in [0.05, 0.1) is 5.69 Å². The van der Waals surface area contributed by atoms with Crippen LogP contribution in [0, 0.1) is 0 Å². The van der Waals surface area contributed by atoms with Crippen molar-refractivity contribution in [3.63, 3.8) is 0 Å². The summed E-state index contributed by atoms with van der Waals surface area (Å²) < 4.78 is 6.33. The Labute approximate surface area is 114 Å². The number of carbonyl (C=O) groups excluding carboxylic acids is 1. The molecule has 0 aliphatic carbocycles. The van der Waals surface area contributed by atoms with Gasteiger partial charge in [-0.25, -0.2) is 0 Å². The molecule has 0 unspecified atom stereocenters. The van der Waals surface area contributed by atoms with Gasteiger partial charge in [-0.2, -0.15) is 0 Å². The minimum Gasteiger partial charge on any atom is -0.482 e. The molecule has 1 aromatic rings. The van der Waals surface area contributed by atoms with Crippen molar-refractivity contribution in [1.29, 1.82) is 0 Å². The number of ether oxygens (including phenoxy) is 1. The topological polar surface area (TPSA) is 29.5 Å². The highest BCUT2D eigenvalue weighted by atomic mass is 79.9. The molecule has 5 heteroatoms. The molecule has 0 aromatic heterocycles. The van der Waals surface area contributed by atoms with E-state index in [9.17, 15) is 4.79 Å². The Bertz CT molecular complexity index is 425. The van der Waals surface area contributed by atoms with Gasteiger partial charge in [0.25, 0.3) is 5.91 Å². The first-order valence-electron chi connectivity index (χ1n) is 5.51. The first-order valence-corrected chi connectivity index (χ1v) is 6.84. The van der Waals surface area contributed by atoms with Gasteiger partial charge < -0.3 is 9.64 Å². The third-order valence-corrected chi connectivity index (χ3v) is 3.39. The number of carbonyl (C=O) groups is 1. The van der Waals surface area contributed by atoms with Crippen LogP contribution in [0.15, 0.2) is 22.7 Å². The highest BCUT2D eigenvalue weighted by Gasteiger charge is 2.24. The molecule has 1 aliphatic heterocycles. The lowest BCUT2D eigenvalue weighted by molar-refractivity contribution is -0.121. The van der Waals surface area contributed by atoms with Gasteiger partial charge in [0.2, 0.25) is 0 Å². The standard InChI is InChI=1S/C12H13BrClNO2/c13-9-3-4-11-10(7-9)15(6-2-1-5-14)12(16)8-17-11/h3-4,7H,1-2,5-6,8H2. The zero-order valence-electron chi connectivity index (χ0n) is 9.29. The molecule has 1 aliphatic rings. The highest BCUT2D eigenvalue weighted by molar-refractivity contribution is 9.10. The van der Waals surface area contributed by atoms with Crippen molar-refractivity contribution in [3.05, 3.63) is 22.7 Å². The molecule has 0 atom stereocenters. The number of nitrogens with zero attached hydrogens (tertiary/aromatic N) is 1. The van der Waals surface area contributed by atoms with E-state index in [1.54, 1.807) is 4.90 Å². The molecular formula is C12H13BrClNO2. The second-order valence-electron chi connectivity index (χ2n) is 3.84. The lowest BCUT2D eigenvalue weighted by atomic mass is 10.2. The zero-order chi connectivity index (χ0) is 12.3. The minimum atomic E-state index is 0.00479. The van der Waals surface area contributed by atoms with Crippen molar-refractivity contribution >= 4 is 39.1 Å². The van der Waals surface area contributed by atoms with Crippen LogP contribution in [0.1, 0.15) is 12.8 Å². The fourth-order valence-electron chi connectivity index (χ4n) is 1.78. The number of alkyl halides is 1. The van der Waals surface area contributed by atoms with Crippen LogP contribution >= 0.6 is 27.5 Å². The molecule has 3 nitrogen and oxygen atoms in total. The molecule has 17 heavy (non-hydrogen) atoms. The van der Waals surface area contributed by atoms with E-state index in [4.69, 9.17) is 16.3 Å². The maximum atomic E-state index is 11.8. The van der Waals surface area contributed by atoms with Crippen LogP contribution in [0.2, 0.25) is 0 Å². The van der Waals surface area contributed by atoms with E-state index in [-0.39, 0.29) is 12.5 Å². The van der Waals surface area contributed by atoms with E-state index in [0.717, 1.165) is 28.8 Å². The number of hydrogen-bond acceptors (Lipinski definition) is 2. The van der Waals surface area contributed by atoms with Gasteiger partial charge in [0.15, 0.2) is 6.61 Å². The molecule has 1 amide bonds. The summed E-state index contributed by atoms with van der Waals surface area (Å²) >= 11 is 9.05. The van der Waals surface area contributed by atoms with E-state index in [1.165, 1.54) is 0 Å². The summed E-state index contributed by atoms with van der Waals surface area (Å²) in [6, 6.07) is 5.69. The van der Waals surface area contributed by atoms with E-state index >= 15 is 0 Å². The second kappa shape index (κ2) is 5.74. The first-order chi connectivity index (χ1) is 8.22. The lowest BCUT2D eigenvalue weighted by Gasteiger charge is -2.29.